The summed E-state index contributed by atoms with van der Waals surface area (Å²) in [6.45, 7) is 1.09. The van der Waals surface area contributed by atoms with Crippen molar-refractivity contribution < 1.29 is 9.72 Å². The third-order valence-corrected chi connectivity index (χ3v) is 5.05. The minimum atomic E-state index is -0.492. The number of non-ortho nitro benzene ring substituents is 1. The van der Waals surface area contributed by atoms with Crippen LogP contribution >= 0.6 is 23.4 Å². The lowest BCUT2D eigenvalue weighted by molar-refractivity contribution is -0.384. The summed E-state index contributed by atoms with van der Waals surface area (Å²) in [6, 6.07) is 12.0. The summed E-state index contributed by atoms with van der Waals surface area (Å²) in [7, 11) is 0. The first-order valence-corrected chi connectivity index (χ1v) is 9.91. The fourth-order valence-corrected chi connectivity index (χ4v) is 3.44. The molecule has 0 atom stereocenters. The number of benzene rings is 2. The van der Waals surface area contributed by atoms with Gasteiger partial charge in [0.15, 0.2) is 5.16 Å². The highest BCUT2D eigenvalue weighted by Gasteiger charge is 2.09. The number of H-pyrrole nitrogens is 1. The zero-order chi connectivity index (χ0) is 19.9. The lowest BCUT2D eigenvalue weighted by Crippen LogP contribution is -2.27. The molecule has 0 spiro atoms. The van der Waals surface area contributed by atoms with Gasteiger partial charge in [-0.2, -0.15) is 0 Å². The number of imidazole rings is 1. The van der Waals surface area contributed by atoms with E-state index in [1.807, 2.05) is 24.3 Å². The summed E-state index contributed by atoms with van der Waals surface area (Å²) >= 11 is 7.37. The number of hydrogen-bond donors (Lipinski definition) is 3. The monoisotopic (exact) mass is 419 g/mol. The third kappa shape index (κ3) is 5.37. The number of anilines is 1. The van der Waals surface area contributed by atoms with Crippen molar-refractivity contribution in [1.82, 2.24) is 15.3 Å². The second-order valence-electron chi connectivity index (χ2n) is 5.90. The van der Waals surface area contributed by atoms with Crippen LogP contribution in [0.4, 0.5) is 11.4 Å². The highest BCUT2D eigenvalue weighted by molar-refractivity contribution is 7.99. The predicted octanol–water partition coefficient (Wildman–Crippen LogP) is 3.84. The number of nitro benzene ring substituents is 1. The fourth-order valence-electron chi connectivity index (χ4n) is 2.48. The first-order valence-electron chi connectivity index (χ1n) is 8.55. The van der Waals surface area contributed by atoms with Crippen molar-refractivity contribution in [3.8, 4) is 0 Å². The van der Waals surface area contributed by atoms with Crippen molar-refractivity contribution in [2.24, 2.45) is 0 Å². The number of rotatable bonds is 9. The number of nitro groups is 1. The quantitative estimate of drug-likeness (QED) is 0.210. The Bertz CT molecular complexity index is 961. The van der Waals surface area contributed by atoms with Crippen LogP contribution in [0.1, 0.15) is 6.42 Å². The summed E-state index contributed by atoms with van der Waals surface area (Å²) in [4.78, 5) is 29.7. The molecule has 8 nitrogen and oxygen atoms in total. The molecule has 0 unspecified atom stereocenters. The standard InChI is InChI=1S/C18H18ClN5O3S/c19-13-10-12(24(26)27)6-7-14(13)20-8-3-9-21-17(25)11-28-18-22-15-4-1-2-5-16(15)23-18/h1-2,4-7,10,20H,3,8-9,11H2,(H,21,25)(H,22,23). The van der Waals surface area contributed by atoms with Crippen LogP contribution in [0.15, 0.2) is 47.6 Å². The number of aromatic nitrogens is 2. The lowest BCUT2D eigenvalue weighted by Gasteiger charge is -2.09. The average molecular weight is 420 g/mol. The number of fused-ring (bicyclic) bond motifs is 1. The van der Waals surface area contributed by atoms with Gasteiger partial charge < -0.3 is 15.6 Å². The molecule has 0 aliphatic carbocycles. The van der Waals surface area contributed by atoms with Crippen LogP contribution in [0.2, 0.25) is 5.02 Å². The number of nitrogens with zero attached hydrogens (tertiary/aromatic N) is 2. The molecule has 3 rings (SSSR count). The zero-order valence-corrected chi connectivity index (χ0v) is 16.3. The molecule has 146 valence electrons. The summed E-state index contributed by atoms with van der Waals surface area (Å²) in [5.41, 5.74) is 2.39. The third-order valence-electron chi connectivity index (χ3n) is 3.86. The van der Waals surface area contributed by atoms with Crippen molar-refractivity contribution in [1.29, 1.82) is 0 Å². The van der Waals surface area contributed by atoms with E-state index in [-0.39, 0.29) is 17.3 Å². The molecule has 2 aromatic carbocycles. The number of amides is 1. The van der Waals surface area contributed by atoms with E-state index in [9.17, 15) is 14.9 Å². The highest BCUT2D eigenvalue weighted by atomic mass is 35.5. The number of halogens is 1. The fraction of sp³-hybridized carbons (Fsp3) is 0.222. The van der Waals surface area contributed by atoms with Crippen molar-refractivity contribution in [3.05, 3.63) is 57.6 Å². The van der Waals surface area contributed by atoms with E-state index in [0.717, 1.165) is 11.0 Å². The molecule has 0 bridgehead atoms. The number of aromatic amines is 1. The topological polar surface area (TPSA) is 113 Å². The van der Waals surface area contributed by atoms with Crippen LogP contribution in [0, 0.1) is 10.1 Å². The van der Waals surface area contributed by atoms with Crippen molar-refractivity contribution in [3.63, 3.8) is 0 Å². The average Bonchev–Trinajstić information content (AvgIpc) is 3.10. The second-order valence-corrected chi connectivity index (χ2v) is 7.27. The van der Waals surface area contributed by atoms with Crippen molar-refractivity contribution in [2.75, 3.05) is 24.2 Å². The Morgan fingerprint density at radius 2 is 2.07 bits per heavy atom. The van der Waals surface area contributed by atoms with Gasteiger partial charge in [-0.3, -0.25) is 14.9 Å². The second kappa shape index (κ2) is 9.43. The van der Waals surface area contributed by atoms with Crippen LogP contribution in [-0.4, -0.2) is 39.6 Å². The molecular formula is C18H18ClN5O3S. The maximum Gasteiger partial charge on any atom is 0.271 e. The summed E-state index contributed by atoms with van der Waals surface area (Å²) in [6.07, 6.45) is 0.689. The molecule has 0 fully saturated rings. The largest absolute Gasteiger partial charge is 0.384 e. The van der Waals surface area contributed by atoms with Gasteiger partial charge in [0.2, 0.25) is 5.91 Å². The molecule has 28 heavy (non-hydrogen) atoms. The Morgan fingerprint density at radius 3 is 2.82 bits per heavy atom. The number of hydrogen-bond acceptors (Lipinski definition) is 6. The maximum atomic E-state index is 11.9. The summed E-state index contributed by atoms with van der Waals surface area (Å²) in [5, 5.41) is 17.6. The van der Waals surface area contributed by atoms with Gasteiger partial charge >= 0.3 is 0 Å². The van der Waals surface area contributed by atoms with E-state index in [1.54, 1.807) is 6.07 Å². The Balaban J connectivity index is 1.35. The SMILES string of the molecule is O=C(CSc1nc2ccccc2[nH]1)NCCCNc1ccc([N+](=O)[O-])cc1Cl. The molecule has 1 amide bonds. The van der Waals surface area contributed by atoms with Gasteiger partial charge in [0.1, 0.15) is 0 Å². The van der Waals surface area contributed by atoms with Gasteiger partial charge in [0.25, 0.3) is 5.69 Å². The lowest BCUT2D eigenvalue weighted by atomic mass is 10.2. The number of nitrogens with one attached hydrogen (secondary N) is 3. The first kappa shape index (κ1) is 20.0. The summed E-state index contributed by atoms with van der Waals surface area (Å²) in [5.74, 6) is 0.209. The van der Waals surface area contributed by atoms with Crippen LogP contribution < -0.4 is 10.6 Å². The smallest absolute Gasteiger partial charge is 0.271 e. The molecule has 0 radical (unpaired) electrons. The van der Waals surface area contributed by atoms with Gasteiger partial charge in [-0.25, -0.2) is 4.98 Å². The van der Waals surface area contributed by atoms with E-state index >= 15 is 0 Å². The van der Waals surface area contributed by atoms with E-state index in [2.05, 4.69) is 20.6 Å². The highest BCUT2D eigenvalue weighted by Crippen LogP contribution is 2.26. The Labute approximate surface area is 170 Å². The Morgan fingerprint density at radius 1 is 1.25 bits per heavy atom. The molecule has 0 saturated heterocycles. The van der Waals surface area contributed by atoms with E-state index < -0.39 is 4.92 Å². The van der Waals surface area contributed by atoms with Crippen LogP contribution in [0.25, 0.3) is 11.0 Å². The molecule has 1 aromatic heterocycles. The molecule has 0 saturated carbocycles. The van der Waals surface area contributed by atoms with E-state index in [4.69, 9.17) is 11.6 Å². The molecular weight excluding hydrogens is 402 g/mol. The van der Waals surface area contributed by atoms with Crippen LogP contribution in [0.3, 0.4) is 0 Å². The van der Waals surface area contributed by atoms with E-state index in [0.29, 0.717) is 35.4 Å². The minimum absolute atomic E-state index is 0.0511. The van der Waals surface area contributed by atoms with Gasteiger partial charge in [-0.1, -0.05) is 35.5 Å². The van der Waals surface area contributed by atoms with Crippen LogP contribution in [-0.2, 0) is 4.79 Å². The molecule has 0 aliphatic heterocycles. The number of para-hydroxylation sites is 2. The first-order chi connectivity index (χ1) is 13.5. The van der Waals surface area contributed by atoms with Crippen molar-refractivity contribution in [2.45, 2.75) is 11.6 Å². The molecule has 3 N–H and O–H groups in total. The van der Waals surface area contributed by atoms with Gasteiger partial charge in [0.05, 0.1) is 32.4 Å². The Hall–Kier alpha value is -2.78. The van der Waals surface area contributed by atoms with Crippen molar-refractivity contribution >= 4 is 51.7 Å². The maximum absolute atomic E-state index is 11.9. The number of carbonyl (C=O) groups excluding carboxylic acids is 1. The molecule has 0 aliphatic rings. The molecule has 1 heterocycles. The molecule has 10 heteroatoms. The number of carbonyl (C=O) groups is 1. The predicted molar refractivity (Wildman–Crippen MR) is 111 cm³/mol. The van der Waals surface area contributed by atoms with Gasteiger partial charge in [-0.15, -0.1) is 0 Å². The van der Waals surface area contributed by atoms with Gasteiger partial charge in [-0.05, 0) is 24.6 Å². The zero-order valence-electron chi connectivity index (χ0n) is 14.8. The number of thioether (sulfide) groups is 1. The molecule has 3 aromatic rings. The minimum Gasteiger partial charge on any atom is -0.384 e. The summed E-state index contributed by atoms with van der Waals surface area (Å²) < 4.78 is 0. The Kier molecular flexibility index (Phi) is 6.72. The van der Waals surface area contributed by atoms with Crippen LogP contribution in [0.5, 0.6) is 0 Å². The van der Waals surface area contributed by atoms with Gasteiger partial charge in [0, 0.05) is 25.2 Å². The van der Waals surface area contributed by atoms with E-state index in [1.165, 1.54) is 23.9 Å². The normalized spacial score (nSPS) is 10.8.